The van der Waals surface area contributed by atoms with Gasteiger partial charge in [0.05, 0.1) is 31.5 Å². The number of epoxide rings is 1. The van der Waals surface area contributed by atoms with Crippen LogP contribution >= 0.6 is 0 Å². The van der Waals surface area contributed by atoms with E-state index >= 15 is 0 Å². The van der Waals surface area contributed by atoms with E-state index in [2.05, 4.69) is 0 Å². The van der Waals surface area contributed by atoms with Gasteiger partial charge in [-0.25, -0.2) is 0 Å². The molecule has 0 radical (unpaired) electrons. The van der Waals surface area contributed by atoms with Crippen LogP contribution in [0.25, 0.3) is 0 Å². The van der Waals surface area contributed by atoms with E-state index in [1.165, 1.54) is 0 Å². The number of fused-ring (bicyclic) bond motifs is 2. The molecule has 6 nitrogen and oxygen atoms in total. The molecular weight excluding hydrogens is 276 g/mol. The molecule has 2 aliphatic carbocycles. The molecule has 0 aromatic heterocycles. The summed E-state index contributed by atoms with van der Waals surface area (Å²) in [6, 6.07) is 0. The predicted molar refractivity (Wildman–Crippen MR) is 71.4 cm³/mol. The summed E-state index contributed by atoms with van der Waals surface area (Å²) >= 11 is 0. The first-order valence-electron chi connectivity index (χ1n) is 7.47. The van der Waals surface area contributed by atoms with Crippen molar-refractivity contribution in [2.75, 3.05) is 13.2 Å². The Labute approximate surface area is 123 Å². The van der Waals surface area contributed by atoms with Gasteiger partial charge in [0, 0.05) is 10.8 Å². The van der Waals surface area contributed by atoms with Crippen LogP contribution in [-0.4, -0.2) is 69.8 Å². The Bertz CT molecular complexity index is 514. The molecule has 0 aromatic rings. The van der Waals surface area contributed by atoms with Gasteiger partial charge < -0.3 is 29.9 Å². The van der Waals surface area contributed by atoms with Crippen LogP contribution in [0.4, 0.5) is 0 Å². The second-order valence-corrected chi connectivity index (χ2v) is 7.24. The average molecular weight is 298 g/mol. The van der Waals surface area contributed by atoms with Crippen molar-refractivity contribution in [2.24, 2.45) is 10.8 Å². The Hall–Kier alpha value is -0.500. The van der Waals surface area contributed by atoms with Gasteiger partial charge in [0.1, 0.15) is 17.8 Å². The fraction of sp³-hybridized carbons (Fsp3) is 0.867. The van der Waals surface area contributed by atoms with Crippen LogP contribution in [0.15, 0.2) is 11.6 Å². The Morgan fingerprint density at radius 3 is 2.57 bits per heavy atom. The number of hydrogen-bond acceptors (Lipinski definition) is 6. The number of rotatable bonds is 1. The molecule has 0 amide bonds. The Morgan fingerprint density at radius 1 is 1.33 bits per heavy atom. The second-order valence-electron chi connectivity index (χ2n) is 7.24. The lowest BCUT2D eigenvalue weighted by Gasteiger charge is -2.58. The van der Waals surface area contributed by atoms with Gasteiger partial charge in [-0.05, 0) is 18.9 Å². The monoisotopic (exact) mass is 298 g/mol. The first-order valence-corrected chi connectivity index (χ1v) is 7.47. The number of ether oxygens (including phenoxy) is 2. The first-order chi connectivity index (χ1) is 9.84. The summed E-state index contributed by atoms with van der Waals surface area (Å²) in [7, 11) is 0. The molecule has 2 heterocycles. The van der Waals surface area contributed by atoms with E-state index in [1.807, 2.05) is 19.9 Å². The smallest absolute Gasteiger partial charge is 0.129 e. The molecule has 6 heteroatoms. The molecule has 118 valence electrons. The first kappa shape index (κ1) is 14.1. The molecule has 4 N–H and O–H groups in total. The van der Waals surface area contributed by atoms with E-state index in [1.54, 1.807) is 0 Å². The highest BCUT2D eigenvalue weighted by Crippen LogP contribution is 2.71. The molecule has 1 saturated carbocycles. The number of hydrogen-bond donors (Lipinski definition) is 4. The minimum absolute atomic E-state index is 0.239. The van der Waals surface area contributed by atoms with Crippen LogP contribution in [-0.2, 0) is 9.47 Å². The van der Waals surface area contributed by atoms with Crippen LogP contribution in [0.2, 0.25) is 0 Å². The van der Waals surface area contributed by atoms with Gasteiger partial charge in [0.2, 0.25) is 0 Å². The maximum absolute atomic E-state index is 10.7. The third-order valence-corrected chi connectivity index (χ3v) is 6.67. The van der Waals surface area contributed by atoms with Crippen LogP contribution in [0.1, 0.15) is 20.3 Å². The van der Waals surface area contributed by atoms with Crippen molar-refractivity contribution in [3.8, 4) is 0 Å². The molecule has 1 unspecified atom stereocenters. The van der Waals surface area contributed by atoms with Crippen LogP contribution in [0, 0.1) is 10.8 Å². The molecule has 4 aliphatic rings. The lowest BCUT2D eigenvalue weighted by atomic mass is 9.51. The maximum atomic E-state index is 10.7. The van der Waals surface area contributed by atoms with Crippen molar-refractivity contribution in [3.63, 3.8) is 0 Å². The van der Waals surface area contributed by atoms with E-state index in [4.69, 9.17) is 9.47 Å². The van der Waals surface area contributed by atoms with E-state index in [0.29, 0.717) is 6.61 Å². The van der Waals surface area contributed by atoms with Crippen molar-refractivity contribution in [1.82, 2.24) is 0 Å². The Balaban J connectivity index is 1.92. The molecule has 8 atom stereocenters. The minimum atomic E-state index is -1.05. The summed E-state index contributed by atoms with van der Waals surface area (Å²) in [5.41, 5.74) is -1.69. The van der Waals surface area contributed by atoms with E-state index < -0.39 is 47.0 Å². The number of aliphatic hydroxyl groups is 4. The molecule has 2 bridgehead atoms. The van der Waals surface area contributed by atoms with Gasteiger partial charge in [-0.15, -0.1) is 0 Å². The largest absolute Gasteiger partial charge is 0.396 e. The second kappa shape index (κ2) is 3.88. The van der Waals surface area contributed by atoms with E-state index in [-0.39, 0.29) is 13.0 Å². The fourth-order valence-corrected chi connectivity index (χ4v) is 5.06. The van der Waals surface area contributed by atoms with Gasteiger partial charge in [-0.3, -0.25) is 0 Å². The quantitative estimate of drug-likeness (QED) is 0.364. The lowest BCUT2D eigenvalue weighted by Crippen LogP contribution is -2.67. The molecule has 2 saturated heterocycles. The summed E-state index contributed by atoms with van der Waals surface area (Å²) in [6.07, 6.45) is -1.72. The topological polar surface area (TPSA) is 103 Å². The molecular formula is C15H22O6. The maximum Gasteiger partial charge on any atom is 0.129 e. The predicted octanol–water partition coefficient (Wildman–Crippen LogP) is -1.05. The molecule has 4 rings (SSSR count). The Morgan fingerprint density at radius 2 is 2.00 bits per heavy atom. The van der Waals surface area contributed by atoms with E-state index in [0.717, 1.165) is 5.57 Å². The number of aliphatic hydroxyl groups excluding tert-OH is 4. The molecule has 0 aromatic carbocycles. The zero-order valence-electron chi connectivity index (χ0n) is 12.2. The summed E-state index contributed by atoms with van der Waals surface area (Å²) < 4.78 is 11.7. The van der Waals surface area contributed by atoms with Crippen LogP contribution in [0.5, 0.6) is 0 Å². The van der Waals surface area contributed by atoms with Gasteiger partial charge in [0.15, 0.2) is 0 Å². The fourth-order valence-electron chi connectivity index (χ4n) is 5.06. The van der Waals surface area contributed by atoms with Crippen molar-refractivity contribution in [3.05, 3.63) is 11.6 Å². The SMILES string of the molecule is CC1=C[C@H]2OC3[C@H](O)[C@@H](O)[C@](C)([C@@]2(CO)C[C@@H]1O)[C@]31CO1. The highest BCUT2D eigenvalue weighted by Gasteiger charge is 2.84. The third-order valence-electron chi connectivity index (χ3n) is 6.67. The Kier molecular flexibility index (Phi) is 2.60. The molecule has 21 heavy (non-hydrogen) atoms. The summed E-state index contributed by atoms with van der Waals surface area (Å²) in [4.78, 5) is 0. The molecule has 1 spiro atoms. The van der Waals surface area contributed by atoms with Gasteiger partial charge in [-0.2, -0.15) is 0 Å². The van der Waals surface area contributed by atoms with Crippen molar-refractivity contribution >= 4 is 0 Å². The molecule has 3 fully saturated rings. The van der Waals surface area contributed by atoms with Crippen LogP contribution < -0.4 is 0 Å². The average Bonchev–Trinajstić information content (AvgIpc) is 3.24. The molecule has 2 aliphatic heterocycles. The highest BCUT2D eigenvalue weighted by molar-refractivity contribution is 5.35. The third kappa shape index (κ3) is 1.27. The summed E-state index contributed by atoms with van der Waals surface area (Å²) in [5.74, 6) is 0. The van der Waals surface area contributed by atoms with Crippen molar-refractivity contribution in [2.45, 2.75) is 56.4 Å². The summed E-state index contributed by atoms with van der Waals surface area (Å²) in [5, 5.41) is 41.5. The van der Waals surface area contributed by atoms with Gasteiger partial charge in [0.25, 0.3) is 0 Å². The van der Waals surface area contributed by atoms with E-state index in [9.17, 15) is 20.4 Å². The van der Waals surface area contributed by atoms with Gasteiger partial charge in [-0.1, -0.05) is 13.0 Å². The standard InChI is InChI=1S/C15H22O6/c1-7-3-9-14(5-16,4-8(7)17)13(2)11(19)10(18)12(21-9)15(13)6-20-15/h3,8-12,16-19H,4-6H2,1-2H3/t8-,9+,10+,11+,12?,13+,14+,15-/m0/s1. The van der Waals surface area contributed by atoms with Crippen molar-refractivity contribution in [1.29, 1.82) is 0 Å². The lowest BCUT2D eigenvalue weighted by molar-refractivity contribution is -0.233. The highest BCUT2D eigenvalue weighted by atomic mass is 16.6. The zero-order chi connectivity index (χ0) is 15.2. The zero-order valence-corrected chi connectivity index (χ0v) is 12.2. The normalized spacial score (nSPS) is 61.6. The summed E-state index contributed by atoms with van der Waals surface area (Å²) in [6.45, 7) is 3.83. The van der Waals surface area contributed by atoms with Crippen LogP contribution in [0.3, 0.4) is 0 Å². The minimum Gasteiger partial charge on any atom is -0.396 e. The van der Waals surface area contributed by atoms with Gasteiger partial charge >= 0.3 is 0 Å². The van der Waals surface area contributed by atoms with Crippen molar-refractivity contribution < 1.29 is 29.9 Å².